The summed E-state index contributed by atoms with van der Waals surface area (Å²) in [7, 11) is 1.79. The van der Waals surface area contributed by atoms with Crippen LogP contribution in [0.2, 0.25) is 0 Å². The smallest absolute Gasteiger partial charge is 0.125 e. The lowest BCUT2D eigenvalue weighted by Gasteiger charge is -2.19. The Kier molecular flexibility index (Phi) is 3.08. The largest absolute Gasteiger partial charge is 0.397 e. The Hall–Kier alpha value is -1.29. The average molecular weight is 184 g/mol. The van der Waals surface area contributed by atoms with Crippen LogP contribution in [0, 0.1) is 5.82 Å². The van der Waals surface area contributed by atoms with E-state index in [1.807, 2.05) is 0 Å². The van der Waals surface area contributed by atoms with E-state index < -0.39 is 0 Å². The Balaban J connectivity index is 2.88. The molecule has 0 aliphatic rings. The molecular weight excluding hydrogens is 171 g/mol. The maximum Gasteiger partial charge on any atom is 0.125 e. The molecule has 4 heteroatoms. The Morgan fingerprint density at radius 2 is 2.23 bits per heavy atom. The van der Waals surface area contributed by atoms with Gasteiger partial charge in [-0.2, -0.15) is 0 Å². The molecule has 0 amide bonds. The molecule has 0 radical (unpaired) electrons. The summed E-state index contributed by atoms with van der Waals surface area (Å²) in [4.78, 5) is 1.77. The summed E-state index contributed by atoms with van der Waals surface area (Å²) in [5.74, 6) is -0.348. The van der Waals surface area contributed by atoms with E-state index in [-0.39, 0.29) is 12.4 Å². The van der Waals surface area contributed by atoms with Gasteiger partial charge in [0, 0.05) is 13.6 Å². The minimum Gasteiger partial charge on any atom is -0.397 e. The standard InChI is InChI=1S/C9H13FN2O/c1-12(4-5-13)9-3-2-7(10)6-8(9)11/h2-3,6,13H,4-5,11H2,1H3. The molecular formula is C9H13FN2O. The van der Waals surface area contributed by atoms with Gasteiger partial charge >= 0.3 is 0 Å². The second kappa shape index (κ2) is 4.09. The van der Waals surface area contributed by atoms with Crippen LogP contribution in [0.25, 0.3) is 0 Å². The highest BCUT2D eigenvalue weighted by molar-refractivity contribution is 5.67. The van der Waals surface area contributed by atoms with Crippen molar-refractivity contribution in [1.82, 2.24) is 0 Å². The number of aliphatic hydroxyl groups is 1. The zero-order valence-electron chi connectivity index (χ0n) is 7.50. The Bertz CT molecular complexity index is 291. The fourth-order valence-corrected chi connectivity index (χ4v) is 1.14. The number of benzene rings is 1. The van der Waals surface area contributed by atoms with Crippen LogP contribution in [0.1, 0.15) is 0 Å². The summed E-state index contributed by atoms with van der Waals surface area (Å²) in [6, 6.07) is 4.21. The van der Waals surface area contributed by atoms with E-state index >= 15 is 0 Å². The van der Waals surface area contributed by atoms with Crippen LogP contribution in [0.3, 0.4) is 0 Å². The molecule has 0 saturated heterocycles. The SMILES string of the molecule is CN(CCO)c1ccc(F)cc1N. The van der Waals surface area contributed by atoms with Gasteiger partial charge in [0.1, 0.15) is 5.82 Å². The number of rotatable bonds is 3. The lowest BCUT2D eigenvalue weighted by atomic mass is 10.2. The van der Waals surface area contributed by atoms with Crippen molar-refractivity contribution in [2.75, 3.05) is 30.8 Å². The normalized spacial score (nSPS) is 10.1. The van der Waals surface area contributed by atoms with Crippen molar-refractivity contribution < 1.29 is 9.50 Å². The molecule has 3 N–H and O–H groups in total. The molecule has 0 bridgehead atoms. The van der Waals surface area contributed by atoms with Crippen molar-refractivity contribution in [3.63, 3.8) is 0 Å². The summed E-state index contributed by atoms with van der Waals surface area (Å²) in [5, 5.41) is 8.69. The van der Waals surface area contributed by atoms with Crippen molar-refractivity contribution in [3.8, 4) is 0 Å². The monoisotopic (exact) mass is 184 g/mol. The number of halogens is 1. The number of nitrogens with zero attached hydrogens (tertiary/aromatic N) is 1. The highest BCUT2D eigenvalue weighted by Crippen LogP contribution is 2.22. The maximum absolute atomic E-state index is 12.6. The molecule has 0 aliphatic carbocycles. The third-order valence-corrected chi connectivity index (χ3v) is 1.84. The van der Waals surface area contributed by atoms with Gasteiger partial charge in [-0.25, -0.2) is 4.39 Å². The topological polar surface area (TPSA) is 49.5 Å². The molecule has 0 spiro atoms. The van der Waals surface area contributed by atoms with E-state index in [1.165, 1.54) is 12.1 Å². The highest BCUT2D eigenvalue weighted by Gasteiger charge is 2.04. The van der Waals surface area contributed by atoms with Gasteiger partial charge in [-0.3, -0.25) is 0 Å². The number of nitrogens with two attached hydrogens (primary N) is 1. The van der Waals surface area contributed by atoms with Crippen LogP contribution in [0.4, 0.5) is 15.8 Å². The van der Waals surface area contributed by atoms with E-state index in [4.69, 9.17) is 10.8 Å². The molecule has 72 valence electrons. The molecule has 0 heterocycles. The summed E-state index contributed by atoms with van der Waals surface area (Å²) >= 11 is 0. The van der Waals surface area contributed by atoms with Crippen LogP contribution in [-0.2, 0) is 0 Å². The number of hydrogen-bond donors (Lipinski definition) is 2. The van der Waals surface area contributed by atoms with Crippen molar-refractivity contribution in [2.45, 2.75) is 0 Å². The summed E-state index contributed by atoms with van der Waals surface area (Å²) in [6.07, 6.45) is 0. The van der Waals surface area contributed by atoms with E-state index in [1.54, 1.807) is 18.0 Å². The molecule has 0 atom stereocenters. The lowest BCUT2D eigenvalue weighted by molar-refractivity contribution is 0.304. The fraction of sp³-hybridized carbons (Fsp3) is 0.333. The van der Waals surface area contributed by atoms with Gasteiger partial charge in [0.25, 0.3) is 0 Å². The molecule has 13 heavy (non-hydrogen) atoms. The van der Waals surface area contributed by atoms with Crippen molar-refractivity contribution in [3.05, 3.63) is 24.0 Å². The van der Waals surface area contributed by atoms with Crippen LogP contribution in [0.15, 0.2) is 18.2 Å². The molecule has 0 aromatic heterocycles. The van der Waals surface area contributed by atoms with Crippen molar-refractivity contribution in [1.29, 1.82) is 0 Å². The van der Waals surface area contributed by atoms with E-state index in [9.17, 15) is 4.39 Å². The Labute approximate surface area is 76.6 Å². The van der Waals surface area contributed by atoms with Gasteiger partial charge in [0.2, 0.25) is 0 Å². The predicted octanol–water partition coefficient (Wildman–Crippen LogP) is 0.836. The van der Waals surface area contributed by atoms with Crippen molar-refractivity contribution in [2.24, 2.45) is 0 Å². The summed E-state index contributed by atoms with van der Waals surface area (Å²) < 4.78 is 12.6. The van der Waals surface area contributed by atoms with Gasteiger partial charge in [-0.05, 0) is 18.2 Å². The van der Waals surface area contributed by atoms with Gasteiger partial charge in [0.15, 0.2) is 0 Å². The van der Waals surface area contributed by atoms with E-state index in [0.29, 0.717) is 12.2 Å². The van der Waals surface area contributed by atoms with Gasteiger partial charge in [-0.15, -0.1) is 0 Å². The second-order valence-corrected chi connectivity index (χ2v) is 2.85. The van der Waals surface area contributed by atoms with E-state index in [0.717, 1.165) is 5.69 Å². The average Bonchev–Trinajstić information content (AvgIpc) is 2.04. The number of likely N-dealkylation sites (N-methyl/N-ethyl adjacent to an activating group) is 1. The van der Waals surface area contributed by atoms with Gasteiger partial charge in [0.05, 0.1) is 18.0 Å². The maximum atomic E-state index is 12.6. The molecule has 0 saturated carbocycles. The first-order valence-electron chi connectivity index (χ1n) is 4.02. The quantitative estimate of drug-likeness (QED) is 0.684. The molecule has 3 nitrogen and oxygen atoms in total. The Morgan fingerprint density at radius 3 is 2.77 bits per heavy atom. The molecule has 0 unspecified atom stereocenters. The summed E-state index contributed by atoms with van der Waals surface area (Å²) in [5.41, 5.74) is 6.71. The fourth-order valence-electron chi connectivity index (χ4n) is 1.14. The first kappa shape index (κ1) is 9.80. The third kappa shape index (κ3) is 2.32. The number of anilines is 2. The minimum atomic E-state index is -0.348. The van der Waals surface area contributed by atoms with Crippen LogP contribution >= 0.6 is 0 Å². The van der Waals surface area contributed by atoms with Crippen molar-refractivity contribution >= 4 is 11.4 Å². The Morgan fingerprint density at radius 1 is 1.54 bits per heavy atom. The van der Waals surface area contributed by atoms with Gasteiger partial charge < -0.3 is 15.7 Å². The minimum absolute atomic E-state index is 0.0489. The molecule has 1 aromatic carbocycles. The zero-order chi connectivity index (χ0) is 9.84. The highest BCUT2D eigenvalue weighted by atomic mass is 19.1. The predicted molar refractivity (Wildman–Crippen MR) is 51.2 cm³/mol. The molecule has 1 aromatic rings. The van der Waals surface area contributed by atoms with Gasteiger partial charge in [-0.1, -0.05) is 0 Å². The molecule has 0 aliphatic heterocycles. The van der Waals surface area contributed by atoms with Crippen LogP contribution in [0.5, 0.6) is 0 Å². The number of aliphatic hydroxyl groups excluding tert-OH is 1. The first-order chi connectivity index (χ1) is 6.15. The van der Waals surface area contributed by atoms with E-state index in [2.05, 4.69) is 0 Å². The lowest BCUT2D eigenvalue weighted by Crippen LogP contribution is -2.22. The first-order valence-corrected chi connectivity index (χ1v) is 4.02. The van der Waals surface area contributed by atoms with Crippen LogP contribution in [-0.4, -0.2) is 25.3 Å². The van der Waals surface area contributed by atoms with Crippen LogP contribution < -0.4 is 10.6 Å². The third-order valence-electron chi connectivity index (χ3n) is 1.84. The molecule has 0 fully saturated rings. The number of nitrogen functional groups attached to an aromatic ring is 1. The second-order valence-electron chi connectivity index (χ2n) is 2.85. The number of hydrogen-bond acceptors (Lipinski definition) is 3. The summed E-state index contributed by atoms with van der Waals surface area (Å²) in [6.45, 7) is 0.531. The molecule has 1 rings (SSSR count). The zero-order valence-corrected chi connectivity index (χ0v) is 7.50.